The average Bonchev–Trinajstić information content (AvgIpc) is 2.86. The summed E-state index contributed by atoms with van der Waals surface area (Å²) in [5, 5.41) is 3.13. The lowest BCUT2D eigenvalue weighted by Gasteiger charge is -2.22. The first-order chi connectivity index (χ1) is 7.70. The maximum absolute atomic E-state index is 6.55. The third kappa shape index (κ3) is 1.32. The molecule has 1 aromatic carbocycles. The van der Waals surface area contributed by atoms with Gasteiger partial charge in [0.2, 0.25) is 0 Å². The molecular weight excluding hydrogens is 216 g/mol. The molecular formula is C13H14N2S. The molecule has 3 rings (SSSR count). The van der Waals surface area contributed by atoms with Crippen LogP contribution in [0.5, 0.6) is 0 Å². The molecule has 16 heavy (non-hydrogen) atoms. The van der Waals surface area contributed by atoms with E-state index in [0.717, 1.165) is 23.5 Å². The highest BCUT2D eigenvalue weighted by Gasteiger charge is 2.38. The molecule has 2 nitrogen and oxygen atoms in total. The molecule has 0 amide bonds. The second kappa shape index (κ2) is 3.40. The molecule has 0 radical (unpaired) electrons. The summed E-state index contributed by atoms with van der Waals surface area (Å²) in [6.45, 7) is 2.02. The van der Waals surface area contributed by atoms with Gasteiger partial charge in [0.25, 0.3) is 0 Å². The van der Waals surface area contributed by atoms with Crippen molar-refractivity contribution >= 4 is 11.3 Å². The van der Waals surface area contributed by atoms with Gasteiger partial charge in [0.1, 0.15) is 5.01 Å². The molecule has 2 N–H and O–H groups in total. The molecule has 1 atom stereocenters. The Morgan fingerprint density at radius 1 is 1.38 bits per heavy atom. The van der Waals surface area contributed by atoms with Crippen LogP contribution in [0, 0.1) is 6.92 Å². The number of rotatable bonds is 1. The highest BCUT2D eigenvalue weighted by Crippen LogP contribution is 2.40. The van der Waals surface area contributed by atoms with Crippen LogP contribution in [0.4, 0.5) is 0 Å². The molecule has 1 unspecified atom stereocenters. The molecule has 0 fully saturated rings. The fraction of sp³-hybridized carbons (Fsp3) is 0.308. The zero-order valence-corrected chi connectivity index (χ0v) is 10.1. The minimum Gasteiger partial charge on any atom is -0.316 e. The van der Waals surface area contributed by atoms with Crippen molar-refractivity contribution in [2.75, 3.05) is 0 Å². The molecule has 3 heteroatoms. The van der Waals surface area contributed by atoms with E-state index >= 15 is 0 Å². The maximum atomic E-state index is 6.55. The van der Waals surface area contributed by atoms with Gasteiger partial charge in [0, 0.05) is 11.1 Å². The average molecular weight is 230 g/mol. The van der Waals surface area contributed by atoms with E-state index in [1.807, 2.05) is 6.92 Å². The summed E-state index contributed by atoms with van der Waals surface area (Å²) in [5.41, 5.74) is 9.89. The number of hydrogen-bond donors (Lipinski definition) is 1. The Kier molecular flexibility index (Phi) is 2.13. The van der Waals surface area contributed by atoms with Crippen LogP contribution in [-0.2, 0) is 12.0 Å². The Bertz CT molecular complexity index is 532. The minimum absolute atomic E-state index is 0.352. The Morgan fingerprint density at radius 3 is 2.94 bits per heavy atom. The van der Waals surface area contributed by atoms with Crippen molar-refractivity contribution in [3.8, 4) is 0 Å². The summed E-state index contributed by atoms with van der Waals surface area (Å²) in [5.74, 6) is 0. The van der Waals surface area contributed by atoms with E-state index in [4.69, 9.17) is 5.73 Å². The van der Waals surface area contributed by atoms with Crippen molar-refractivity contribution in [3.63, 3.8) is 0 Å². The lowest BCUT2D eigenvalue weighted by atomic mass is 9.94. The third-order valence-electron chi connectivity index (χ3n) is 3.29. The molecule has 2 aromatic rings. The second-order valence-corrected chi connectivity index (χ2v) is 5.28. The van der Waals surface area contributed by atoms with Crippen LogP contribution in [0.15, 0.2) is 29.6 Å². The van der Waals surface area contributed by atoms with Gasteiger partial charge in [-0.15, -0.1) is 11.3 Å². The van der Waals surface area contributed by atoms with E-state index in [9.17, 15) is 0 Å². The van der Waals surface area contributed by atoms with E-state index in [1.165, 1.54) is 11.1 Å². The first-order valence-electron chi connectivity index (χ1n) is 5.50. The van der Waals surface area contributed by atoms with Crippen LogP contribution in [0.3, 0.4) is 0 Å². The lowest BCUT2D eigenvalue weighted by molar-refractivity contribution is 0.530. The molecule has 1 aliphatic carbocycles. The van der Waals surface area contributed by atoms with Gasteiger partial charge < -0.3 is 5.73 Å². The summed E-state index contributed by atoms with van der Waals surface area (Å²) in [4.78, 5) is 4.56. The van der Waals surface area contributed by atoms with Crippen LogP contribution in [-0.4, -0.2) is 4.98 Å². The zero-order valence-electron chi connectivity index (χ0n) is 9.23. The topological polar surface area (TPSA) is 38.9 Å². The number of fused-ring (bicyclic) bond motifs is 1. The largest absolute Gasteiger partial charge is 0.316 e. The minimum atomic E-state index is -0.352. The van der Waals surface area contributed by atoms with Gasteiger partial charge in [-0.2, -0.15) is 0 Å². The molecule has 82 valence electrons. The highest BCUT2D eigenvalue weighted by molar-refractivity contribution is 7.09. The zero-order chi connectivity index (χ0) is 11.2. The van der Waals surface area contributed by atoms with Crippen LogP contribution in [0.2, 0.25) is 0 Å². The molecule has 0 saturated heterocycles. The van der Waals surface area contributed by atoms with Gasteiger partial charge in [-0.1, -0.05) is 24.3 Å². The van der Waals surface area contributed by atoms with Crippen LogP contribution >= 0.6 is 11.3 Å². The van der Waals surface area contributed by atoms with Gasteiger partial charge >= 0.3 is 0 Å². The van der Waals surface area contributed by atoms with Crippen LogP contribution in [0.25, 0.3) is 0 Å². The monoisotopic (exact) mass is 230 g/mol. The maximum Gasteiger partial charge on any atom is 0.117 e. The molecule has 1 aliphatic rings. The predicted molar refractivity (Wildman–Crippen MR) is 66.6 cm³/mol. The number of benzene rings is 1. The normalized spacial score (nSPS) is 23.4. The van der Waals surface area contributed by atoms with E-state index in [-0.39, 0.29) is 5.54 Å². The van der Waals surface area contributed by atoms with Crippen LogP contribution in [0.1, 0.15) is 28.2 Å². The number of aryl methyl sites for hydroxylation is 2. The smallest absolute Gasteiger partial charge is 0.117 e. The number of thiazole rings is 1. The van der Waals surface area contributed by atoms with Crippen molar-refractivity contribution in [2.24, 2.45) is 5.73 Å². The molecule has 1 heterocycles. The predicted octanol–water partition coefficient (Wildman–Crippen LogP) is 2.60. The number of nitrogens with two attached hydrogens (primary N) is 1. The SMILES string of the molecule is Cc1csc(C2(N)CCc3ccccc32)n1. The van der Waals surface area contributed by atoms with E-state index < -0.39 is 0 Å². The van der Waals surface area contributed by atoms with Crippen molar-refractivity contribution in [1.82, 2.24) is 4.98 Å². The Morgan fingerprint density at radius 2 is 2.19 bits per heavy atom. The van der Waals surface area contributed by atoms with Gasteiger partial charge in [0.15, 0.2) is 0 Å². The fourth-order valence-corrected chi connectivity index (χ4v) is 3.37. The summed E-state index contributed by atoms with van der Waals surface area (Å²) < 4.78 is 0. The van der Waals surface area contributed by atoms with Crippen molar-refractivity contribution < 1.29 is 0 Å². The molecule has 1 aromatic heterocycles. The summed E-state index contributed by atoms with van der Waals surface area (Å²) in [7, 11) is 0. The van der Waals surface area contributed by atoms with Gasteiger partial charge in [-0.25, -0.2) is 4.98 Å². The third-order valence-corrected chi connectivity index (χ3v) is 4.43. The highest BCUT2D eigenvalue weighted by atomic mass is 32.1. The molecule has 0 spiro atoms. The van der Waals surface area contributed by atoms with Gasteiger partial charge in [-0.05, 0) is 30.9 Å². The van der Waals surface area contributed by atoms with Crippen LogP contribution < -0.4 is 5.73 Å². The lowest BCUT2D eigenvalue weighted by Crippen LogP contribution is -2.35. The number of hydrogen-bond acceptors (Lipinski definition) is 3. The van der Waals surface area contributed by atoms with Gasteiger partial charge in [-0.3, -0.25) is 0 Å². The van der Waals surface area contributed by atoms with Crippen molar-refractivity contribution in [3.05, 3.63) is 51.5 Å². The first kappa shape index (κ1) is 10.00. The quantitative estimate of drug-likeness (QED) is 0.818. The number of nitrogens with zero attached hydrogens (tertiary/aromatic N) is 1. The Hall–Kier alpha value is -1.19. The summed E-state index contributed by atoms with van der Waals surface area (Å²) >= 11 is 1.67. The van der Waals surface area contributed by atoms with Crippen molar-refractivity contribution in [2.45, 2.75) is 25.3 Å². The fourth-order valence-electron chi connectivity index (χ4n) is 2.42. The summed E-state index contributed by atoms with van der Waals surface area (Å²) in [6, 6.07) is 8.45. The molecule has 0 saturated carbocycles. The Labute approximate surface area is 99.1 Å². The number of aromatic nitrogens is 1. The van der Waals surface area contributed by atoms with Gasteiger partial charge in [0.05, 0.1) is 5.54 Å². The molecule has 0 aliphatic heterocycles. The van der Waals surface area contributed by atoms with E-state index in [1.54, 1.807) is 11.3 Å². The standard InChI is InChI=1S/C13H14N2S/c1-9-8-16-12(15-9)13(14)7-6-10-4-2-3-5-11(10)13/h2-5,8H,6-7,14H2,1H3. The Balaban J connectivity index is 2.14. The summed E-state index contributed by atoms with van der Waals surface area (Å²) in [6.07, 6.45) is 2.03. The second-order valence-electron chi connectivity index (χ2n) is 4.42. The molecule has 0 bridgehead atoms. The van der Waals surface area contributed by atoms with E-state index in [2.05, 4.69) is 34.6 Å². The van der Waals surface area contributed by atoms with E-state index in [0.29, 0.717) is 0 Å². The first-order valence-corrected chi connectivity index (χ1v) is 6.38. The van der Waals surface area contributed by atoms with Crippen molar-refractivity contribution in [1.29, 1.82) is 0 Å².